The average molecular weight is 411 g/mol. The molecule has 0 heterocycles. The number of methoxy groups -OCH3 is 1. The number of anilines is 2. The zero-order valence-electron chi connectivity index (χ0n) is 15.7. The van der Waals surface area contributed by atoms with Gasteiger partial charge in [0.1, 0.15) is 11.8 Å². The summed E-state index contributed by atoms with van der Waals surface area (Å²) in [5.74, 6) is -0.0706. The van der Waals surface area contributed by atoms with Crippen LogP contribution in [0.15, 0.2) is 42.5 Å². The maximum Gasteiger partial charge on any atom is 0.248 e. The molecule has 6 nitrogen and oxygen atoms in total. The smallest absolute Gasteiger partial charge is 0.248 e. The Labute approximate surface area is 165 Å². The fourth-order valence-electron chi connectivity index (χ4n) is 2.70. The van der Waals surface area contributed by atoms with E-state index in [0.29, 0.717) is 22.1 Å². The molecule has 146 valence electrons. The number of sulfonamides is 1. The number of benzene rings is 2. The molecule has 27 heavy (non-hydrogen) atoms. The zero-order chi connectivity index (χ0) is 20.2. The van der Waals surface area contributed by atoms with Crippen molar-refractivity contribution in [2.45, 2.75) is 26.3 Å². The molecule has 0 aliphatic carbocycles. The number of rotatable bonds is 7. The van der Waals surface area contributed by atoms with E-state index in [9.17, 15) is 13.2 Å². The Morgan fingerprint density at radius 2 is 1.85 bits per heavy atom. The maximum absolute atomic E-state index is 12.8. The highest BCUT2D eigenvalue weighted by Crippen LogP contribution is 2.29. The lowest BCUT2D eigenvalue weighted by Gasteiger charge is -2.28. The number of aryl methyl sites for hydroxylation is 1. The van der Waals surface area contributed by atoms with E-state index in [-0.39, 0.29) is 0 Å². The molecular weight excluding hydrogens is 388 g/mol. The number of hydrogen-bond acceptors (Lipinski definition) is 4. The van der Waals surface area contributed by atoms with E-state index in [2.05, 4.69) is 5.32 Å². The number of hydrogen-bond donors (Lipinski definition) is 1. The molecule has 0 bridgehead atoms. The van der Waals surface area contributed by atoms with Gasteiger partial charge in [-0.25, -0.2) is 8.42 Å². The van der Waals surface area contributed by atoms with Gasteiger partial charge in [-0.3, -0.25) is 9.10 Å². The molecule has 0 saturated carbocycles. The molecule has 1 atom stereocenters. The summed E-state index contributed by atoms with van der Waals surface area (Å²) in [6, 6.07) is 10.9. The molecule has 0 fully saturated rings. The van der Waals surface area contributed by atoms with Crippen LogP contribution < -0.4 is 14.4 Å². The molecule has 0 aromatic heterocycles. The third-order valence-electron chi connectivity index (χ3n) is 4.11. The predicted molar refractivity (Wildman–Crippen MR) is 109 cm³/mol. The second-order valence-electron chi connectivity index (χ2n) is 6.09. The lowest BCUT2D eigenvalue weighted by molar-refractivity contribution is -0.116. The molecule has 1 unspecified atom stereocenters. The summed E-state index contributed by atoms with van der Waals surface area (Å²) in [5, 5.41) is 3.12. The molecule has 2 aromatic carbocycles. The minimum absolute atomic E-state index is 0.372. The van der Waals surface area contributed by atoms with Gasteiger partial charge >= 0.3 is 0 Å². The first-order valence-corrected chi connectivity index (χ1v) is 10.6. The van der Waals surface area contributed by atoms with Crippen molar-refractivity contribution in [3.05, 3.63) is 53.1 Å². The summed E-state index contributed by atoms with van der Waals surface area (Å²) in [4.78, 5) is 12.8. The lowest BCUT2D eigenvalue weighted by atomic mass is 10.1. The Kier molecular flexibility index (Phi) is 6.73. The van der Waals surface area contributed by atoms with Crippen LogP contribution in [0.3, 0.4) is 0 Å². The standard InChI is InChI=1S/C19H23ClN2O4S/c1-5-14-6-9-16(10-7-14)22(27(4,24)25)13(2)19(23)21-17-12-15(20)8-11-18(17)26-3/h6-13H,5H2,1-4H3,(H,21,23). The van der Waals surface area contributed by atoms with Gasteiger partial charge < -0.3 is 10.1 Å². The monoisotopic (exact) mass is 410 g/mol. The third kappa shape index (κ3) is 5.14. The van der Waals surface area contributed by atoms with Crippen molar-refractivity contribution in [2.75, 3.05) is 23.0 Å². The van der Waals surface area contributed by atoms with Crippen LogP contribution in [0.5, 0.6) is 5.75 Å². The highest BCUT2D eigenvalue weighted by molar-refractivity contribution is 7.92. The summed E-state index contributed by atoms with van der Waals surface area (Å²) in [7, 11) is -2.21. The predicted octanol–water partition coefficient (Wildman–Crippen LogP) is 3.70. The van der Waals surface area contributed by atoms with Gasteiger partial charge in [0.25, 0.3) is 0 Å². The summed E-state index contributed by atoms with van der Waals surface area (Å²) in [5.41, 5.74) is 1.88. The van der Waals surface area contributed by atoms with E-state index in [4.69, 9.17) is 16.3 Å². The zero-order valence-corrected chi connectivity index (χ0v) is 17.3. The van der Waals surface area contributed by atoms with Gasteiger partial charge in [0.05, 0.1) is 24.7 Å². The first kappa shape index (κ1) is 21.1. The van der Waals surface area contributed by atoms with Crippen LogP contribution in [0.1, 0.15) is 19.4 Å². The Bertz CT molecular complexity index is 914. The van der Waals surface area contributed by atoms with Crippen molar-refractivity contribution in [2.24, 2.45) is 0 Å². The van der Waals surface area contributed by atoms with E-state index in [1.807, 2.05) is 19.1 Å². The van der Waals surface area contributed by atoms with Gasteiger partial charge in [-0.05, 0) is 49.2 Å². The molecule has 2 aromatic rings. The van der Waals surface area contributed by atoms with Crippen LogP contribution in [0.25, 0.3) is 0 Å². The van der Waals surface area contributed by atoms with Gasteiger partial charge in [0.2, 0.25) is 15.9 Å². The summed E-state index contributed by atoms with van der Waals surface area (Å²) >= 11 is 5.98. The number of nitrogens with one attached hydrogen (secondary N) is 1. The van der Waals surface area contributed by atoms with Crippen LogP contribution in [0.4, 0.5) is 11.4 Å². The second-order valence-corrected chi connectivity index (χ2v) is 8.38. The Morgan fingerprint density at radius 3 is 2.37 bits per heavy atom. The van der Waals surface area contributed by atoms with Crippen molar-refractivity contribution >= 4 is 38.9 Å². The summed E-state index contributed by atoms with van der Waals surface area (Å²) in [6.07, 6.45) is 1.91. The largest absolute Gasteiger partial charge is 0.495 e. The van der Waals surface area contributed by atoms with Crippen molar-refractivity contribution in [3.8, 4) is 5.75 Å². The molecule has 0 aliphatic rings. The molecule has 0 aliphatic heterocycles. The average Bonchev–Trinajstić information content (AvgIpc) is 2.61. The first-order valence-electron chi connectivity index (χ1n) is 8.40. The highest BCUT2D eigenvalue weighted by atomic mass is 35.5. The van der Waals surface area contributed by atoms with Crippen molar-refractivity contribution in [1.29, 1.82) is 0 Å². The van der Waals surface area contributed by atoms with Gasteiger partial charge in [-0.15, -0.1) is 0 Å². The number of halogens is 1. The molecule has 0 radical (unpaired) electrons. The molecule has 0 saturated heterocycles. The number of nitrogens with zero attached hydrogens (tertiary/aromatic N) is 1. The van der Waals surface area contributed by atoms with Gasteiger partial charge in [-0.2, -0.15) is 0 Å². The number of carbonyl (C=O) groups excluding carboxylic acids is 1. The van der Waals surface area contributed by atoms with Crippen LogP contribution in [-0.2, 0) is 21.2 Å². The van der Waals surface area contributed by atoms with E-state index >= 15 is 0 Å². The van der Waals surface area contributed by atoms with Crippen LogP contribution in [0.2, 0.25) is 5.02 Å². The van der Waals surface area contributed by atoms with Crippen LogP contribution >= 0.6 is 11.6 Å². The summed E-state index contributed by atoms with van der Waals surface area (Å²) in [6.45, 7) is 3.54. The maximum atomic E-state index is 12.8. The fraction of sp³-hybridized carbons (Fsp3) is 0.316. The molecule has 8 heteroatoms. The lowest BCUT2D eigenvalue weighted by Crippen LogP contribution is -2.45. The molecule has 0 spiro atoms. The first-order chi connectivity index (χ1) is 12.7. The van der Waals surface area contributed by atoms with Gasteiger partial charge in [0.15, 0.2) is 0 Å². The molecule has 1 N–H and O–H groups in total. The third-order valence-corrected chi connectivity index (χ3v) is 5.58. The van der Waals surface area contributed by atoms with E-state index < -0.39 is 22.0 Å². The van der Waals surface area contributed by atoms with Crippen molar-refractivity contribution in [3.63, 3.8) is 0 Å². The quantitative estimate of drug-likeness (QED) is 0.755. The number of ether oxygens (including phenoxy) is 1. The topological polar surface area (TPSA) is 75.7 Å². The minimum Gasteiger partial charge on any atom is -0.495 e. The molecular formula is C19H23ClN2O4S. The second kappa shape index (κ2) is 8.63. The Hall–Kier alpha value is -2.25. The van der Waals surface area contributed by atoms with E-state index in [1.54, 1.807) is 30.3 Å². The van der Waals surface area contributed by atoms with Crippen LogP contribution in [-0.4, -0.2) is 33.7 Å². The van der Waals surface area contributed by atoms with Crippen LogP contribution in [0, 0.1) is 0 Å². The van der Waals surface area contributed by atoms with E-state index in [1.165, 1.54) is 14.0 Å². The highest BCUT2D eigenvalue weighted by Gasteiger charge is 2.29. The fourth-order valence-corrected chi connectivity index (χ4v) is 4.05. The normalized spacial score (nSPS) is 12.3. The van der Waals surface area contributed by atoms with Crippen molar-refractivity contribution in [1.82, 2.24) is 0 Å². The summed E-state index contributed by atoms with van der Waals surface area (Å²) < 4.78 is 31.0. The SMILES string of the molecule is CCc1ccc(N(C(C)C(=O)Nc2cc(Cl)ccc2OC)S(C)(=O)=O)cc1. The number of carbonyl (C=O) groups is 1. The minimum atomic E-state index is -3.68. The molecule has 1 amide bonds. The van der Waals surface area contributed by atoms with E-state index in [0.717, 1.165) is 22.5 Å². The Balaban J connectivity index is 2.33. The van der Waals surface area contributed by atoms with Crippen molar-refractivity contribution < 1.29 is 17.9 Å². The molecule has 2 rings (SSSR count). The van der Waals surface area contributed by atoms with Gasteiger partial charge in [-0.1, -0.05) is 30.7 Å². The number of amides is 1. The van der Waals surface area contributed by atoms with Gasteiger partial charge in [0, 0.05) is 5.02 Å². The Morgan fingerprint density at radius 1 is 1.22 bits per heavy atom.